The van der Waals surface area contributed by atoms with Crippen LogP contribution in [0.5, 0.6) is 0 Å². The van der Waals surface area contributed by atoms with Crippen molar-refractivity contribution in [3.8, 4) is 0 Å². The van der Waals surface area contributed by atoms with E-state index in [9.17, 15) is 14.7 Å². The third-order valence-corrected chi connectivity index (χ3v) is 9.87. The lowest BCUT2D eigenvalue weighted by molar-refractivity contribution is -0.155. The summed E-state index contributed by atoms with van der Waals surface area (Å²) in [5, 5.41) is 10.9. The van der Waals surface area contributed by atoms with Crippen molar-refractivity contribution in [2.75, 3.05) is 24.6 Å². The first-order chi connectivity index (χ1) is 21.8. The molecule has 0 saturated carbocycles. The SMILES string of the molecule is C=CCN(C(=O)[C@@H]1[C@H]2C(=O)N([C@H](CO)c3ccccc3)C(C(=O)N(CC=C)C(C)(C)CC(C)(C)C)C23CC[C@H]1O3)c1ccccc1. The maximum atomic E-state index is 15.1. The molecule has 2 aromatic rings. The van der Waals surface area contributed by atoms with Crippen LogP contribution in [0.4, 0.5) is 5.69 Å². The van der Waals surface area contributed by atoms with Crippen molar-refractivity contribution in [1.29, 1.82) is 0 Å². The Morgan fingerprint density at radius 3 is 2.17 bits per heavy atom. The molecule has 2 aromatic carbocycles. The minimum absolute atomic E-state index is 0.0846. The molecule has 1 spiro atoms. The van der Waals surface area contributed by atoms with E-state index < -0.39 is 41.2 Å². The van der Waals surface area contributed by atoms with Gasteiger partial charge >= 0.3 is 0 Å². The lowest BCUT2D eigenvalue weighted by Gasteiger charge is -2.46. The van der Waals surface area contributed by atoms with E-state index >= 15 is 4.79 Å². The molecular formula is C38H49N3O5. The standard InChI is InChI=1S/C38H49N3O5/c1-8-22-39(27-18-14-11-15-19-27)33(43)30-29-20-21-38(46-29)31(30)34(44)41(28(24-42)26-16-12-10-13-17-26)32(38)35(45)40(23-9-2)37(6,7)25-36(3,4)5/h8-19,28-32,42H,1-2,20-25H2,3-7H3/t28-,29-,30+,31+,32?,38?/m1/s1. The fourth-order valence-electron chi connectivity index (χ4n) is 8.56. The molecule has 0 aromatic heterocycles. The second-order valence-electron chi connectivity index (χ2n) is 14.8. The summed E-state index contributed by atoms with van der Waals surface area (Å²) in [6.45, 7) is 18.5. The molecule has 2 bridgehead atoms. The molecule has 0 radical (unpaired) electrons. The van der Waals surface area contributed by atoms with Gasteiger partial charge in [-0.15, -0.1) is 13.2 Å². The number of fused-ring (bicyclic) bond motifs is 1. The fourth-order valence-corrected chi connectivity index (χ4v) is 8.56. The quantitative estimate of drug-likeness (QED) is 0.312. The van der Waals surface area contributed by atoms with Crippen molar-refractivity contribution in [1.82, 2.24) is 9.80 Å². The molecule has 3 aliphatic heterocycles. The topological polar surface area (TPSA) is 90.4 Å². The number of rotatable bonds is 12. The number of carbonyl (C=O) groups is 3. The Kier molecular flexibility index (Phi) is 9.35. The minimum atomic E-state index is -1.21. The van der Waals surface area contributed by atoms with Crippen LogP contribution < -0.4 is 4.90 Å². The van der Waals surface area contributed by atoms with Crippen LogP contribution in [0.3, 0.4) is 0 Å². The van der Waals surface area contributed by atoms with Crippen molar-refractivity contribution in [2.45, 2.75) is 83.2 Å². The van der Waals surface area contributed by atoms with E-state index in [2.05, 4.69) is 33.9 Å². The second kappa shape index (κ2) is 12.8. The summed E-state index contributed by atoms with van der Waals surface area (Å²) in [6.07, 6.45) is 4.60. The highest BCUT2D eigenvalue weighted by Gasteiger charge is 2.76. The summed E-state index contributed by atoms with van der Waals surface area (Å²) in [7, 11) is 0. The van der Waals surface area contributed by atoms with E-state index in [1.165, 1.54) is 0 Å². The number of likely N-dealkylation sites (tertiary alicyclic amines) is 1. The second-order valence-corrected chi connectivity index (χ2v) is 14.8. The largest absolute Gasteiger partial charge is 0.394 e. The summed E-state index contributed by atoms with van der Waals surface area (Å²) in [5.74, 6) is -2.47. The van der Waals surface area contributed by atoms with Crippen LogP contribution in [-0.2, 0) is 19.1 Å². The Morgan fingerprint density at radius 2 is 1.61 bits per heavy atom. The van der Waals surface area contributed by atoms with E-state index in [4.69, 9.17) is 4.74 Å². The number of benzene rings is 2. The highest BCUT2D eigenvalue weighted by atomic mass is 16.5. The molecule has 3 saturated heterocycles. The molecule has 2 unspecified atom stereocenters. The van der Waals surface area contributed by atoms with Crippen LogP contribution >= 0.6 is 0 Å². The van der Waals surface area contributed by atoms with Gasteiger partial charge in [-0.25, -0.2) is 0 Å². The molecule has 6 atom stereocenters. The average molecular weight is 628 g/mol. The van der Waals surface area contributed by atoms with Crippen molar-refractivity contribution in [3.05, 3.63) is 91.5 Å². The maximum Gasteiger partial charge on any atom is 0.249 e. The number of carbonyl (C=O) groups excluding carboxylic acids is 3. The Labute approximate surface area is 273 Å². The first kappa shape index (κ1) is 33.6. The molecule has 3 amide bonds. The van der Waals surface area contributed by atoms with Crippen molar-refractivity contribution in [2.24, 2.45) is 17.3 Å². The smallest absolute Gasteiger partial charge is 0.249 e. The highest BCUT2D eigenvalue weighted by Crippen LogP contribution is 2.60. The number of anilines is 1. The lowest BCUT2D eigenvalue weighted by atomic mass is 9.70. The third-order valence-electron chi connectivity index (χ3n) is 9.87. The van der Waals surface area contributed by atoms with Gasteiger partial charge in [0.2, 0.25) is 17.7 Å². The van der Waals surface area contributed by atoms with Crippen LogP contribution in [0, 0.1) is 17.3 Å². The van der Waals surface area contributed by atoms with E-state index in [1.807, 2.05) is 79.4 Å². The zero-order valence-corrected chi connectivity index (χ0v) is 27.9. The van der Waals surface area contributed by atoms with Gasteiger partial charge in [-0.05, 0) is 56.2 Å². The molecule has 1 N–H and O–H groups in total. The first-order valence-corrected chi connectivity index (χ1v) is 16.4. The Balaban J connectivity index is 1.64. The average Bonchev–Trinajstić information content (AvgIpc) is 3.66. The summed E-state index contributed by atoms with van der Waals surface area (Å²) in [4.78, 5) is 49.6. The van der Waals surface area contributed by atoms with Crippen LogP contribution in [0.2, 0.25) is 0 Å². The number of amides is 3. The van der Waals surface area contributed by atoms with E-state index in [0.717, 1.165) is 0 Å². The molecule has 3 aliphatic rings. The van der Waals surface area contributed by atoms with E-state index in [0.29, 0.717) is 30.5 Å². The lowest BCUT2D eigenvalue weighted by Crippen LogP contribution is -2.61. The van der Waals surface area contributed by atoms with E-state index in [-0.39, 0.29) is 42.8 Å². The van der Waals surface area contributed by atoms with Crippen LogP contribution in [-0.4, -0.2) is 75.6 Å². The van der Waals surface area contributed by atoms with Gasteiger partial charge in [0.25, 0.3) is 0 Å². The summed E-state index contributed by atoms with van der Waals surface area (Å²) < 4.78 is 6.80. The zero-order chi connectivity index (χ0) is 33.4. The van der Waals surface area contributed by atoms with Crippen molar-refractivity contribution < 1.29 is 24.2 Å². The van der Waals surface area contributed by atoms with Gasteiger partial charge in [-0.1, -0.05) is 81.5 Å². The number of aliphatic hydroxyl groups is 1. The van der Waals surface area contributed by atoms with Gasteiger partial charge in [0.1, 0.15) is 11.6 Å². The molecule has 246 valence electrons. The number of para-hydroxylation sites is 1. The molecular weight excluding hydrogens is 578 g/mol. The molecule has 5 rings (SSSR count). The normalized spacial score (nSPS) is 26.0. The molecule has 46 heavy (non-hydrogen) atoms. The predicted molar refractivity (Wildman–Crippen MR) is 180 cm³/mol. The van der Waals surface area contributed by atoms with Gasteiger partial charge in [0.05, 0.1) is 30.6 Å². The molecule has 3 heterocycles. The predicted octanol–water partition coefficient (Wildman–Crippen LogP) is 5.54. The van der Waals surface area contributed by atoms with Crippen LogP contribution in [0.15, 0.2) is 86.0 Å². The minimum Gasteiger partial charge on any atom is -0.394 e. The van der Waals surface area contributed by atoms with Gasteiger partial charge in [0.15, 0.2) is 0 Å². The summed E-state index contributed by atoms with van der Waals surface area (Å²) >= 11 is 0. The Hall–Kier alpha value is -3.75. The number of aliphatic hydroxyl groups excluding tert-OH is 1. The third kappa shape index (κ3) is 5.82. The van der Waals surface area contributed by atoms with Gasteiger partial charge in [0, 0.05) is 24.3 Å². The first-order valence-electron chi connectivity index (χ1n) is 16.4. The summed E-state index contributed by atoms with van der Waals surface area (Å²) in [5.41, 5.74) is -0.466. The molecule has 8 nitrogen and oxygen atoms in total. The van der Waals surface area contributed by atoms with Gasteiger partial charge in [-0.2, -0.15) is 0 Å². The maximum absolute atomic E-state index is 15.1. The monoisotopic (exact) mass is 627 g/mol. The molecule has 8 heteroatoms. The zero-order valence-electron chi connectivity index (χ0n) is 27.9. The number of hydrogen-bond donors (Lipinski definition) is 1. The van der Waals surface area contributed by atoms with Gasteiger partial charge < -0.3 is 24.5 Å². The number of ether oxygens (including phenoxy) is 1. The fraction of sp³-hybridized carbons (Fsp3) is 0.500. The van der Waals surface area contributed by atoms with E-state index in [1.54, 1.807) is 22.0 Å². The highest BCUT2D eigenvalue weighted by molar-refractivity contribution is 6.03. The Bertz CT molecular complexity index is 1450. The van der Waals surface area contributed by atoms with Gasteiger partial charge in [-0.3, -0.25) is 14.4 Å². The molecule has 3 fully saturated rings. The number of hydrogen-bond acceptors (Lipinski definition) is 5. The van der Waals surface area contributed by atoms with Crippen LogP contribution in [0.1, 0.15) is 65.5 Å². The Morgan fingerprint density at radius 1 is 1.00 bits per heavy atom. The van der Waals surface area contributed by atoms with Crippen molar-refractivity contribution >= 4 is 23.4 Å². The molecule has 0 aliphatic carbocycles. The van der Waals surface area contributed by atoms with Crippen molar-refractivity contribution in [3.63, 3.8) is 0 Å². The van der Waals surface area contributed by atoms with Crippen LogP contribution in [0.25, 0.3) is 0 Å². The summed E-state index contributed by atoms with van der Waals surface area (Å²) in [6, 6.07) is 16.8. The number of nitrogens with zero attached hydrogens (tertiary/aromatic N) is 3.